The van der Waals surface area contributed by atoms with Crippen LogP contribution in [0.15, 0.2) is 48.5 Å². The predicted molar refractivity (Wildman–Crippen MR) is 99.9 cm³/mol. The zero-order chi connectivity index (χ0) is 16.8. The lowest BCUT2D eigenvalue weighted by atomic mass is 9.78. The van der Waals surface area contributed by atoms with Crippen LogP contribution in [0.3, 0.4) is 0 Å². The number of hydrogen-bond acceptors (Lipinski definition) is 2. The molecule has 2 nitrogen and oxygen atoms in total. The van der Waals surface area contributed by atoms with Gasteiger partial charge in [-0.15, -0.1) is 0 Å². The van der Waals surface area contributed by atoms with Gasteiger partial charge in [0.25, 0.3) is 0 Å². The van der Waals surface area contributed by atoms with Crippen molar-refractivity contribution < 1.29 is 4.74 Å². The first-order valence-corrected chi connectivity index (χ1v) is 9.05. The molecule has 0 aliphatic carbocycles. The van der Waals surface area contributed by atoms with Gasteiger partial charge in [-0.25, -0.2) is 0 Å². The minimum absolute atomic E-state index is 0.0248. The molecule has 0 bridgehead atoms. The molecule has 0 radical (unpaired) electrons. The number of hydrogen-bond donors (Lipinski definition) is 0. The first-order valence-electron chi connectivity index (χ1n) is 9.05. The smallest absolute Gasteiger partial charge is 0.103 e. The maximum Gasteiger partial charge on any atom is 0.103 e. The fourth-order valence-corrected chi connectivity index (χ4v) is 4.06. The third kappa shape index (κ3) is 2.63. The third-order valence-corrected chi connectivity index (χ3v) is 5.87. The van der Waals surface area contributed by atoms with Crippen LogP contribution in [0.25, 0.3) is 0 Å². The summed E-state index contributed by atoms with van der Waals surface area (Å²) in [5, 5.41) is 0. The predicted octanol–water partition coefficient (Wildman–Crippen LogP) is 4.69. The SMILES string of the molecule is Cc1ccc(C(C)(C)c2ccc(N3CC4(CCCO4)C3)cc2)cc1. The summed E-state index contributed by atoms with van der Waals surface area (Å²) in [7, 11) is 0. The minimum Gasteiger partial charge on any atom is -0.371 e. The Bertz CT molecular complexity index is 701. The average molecular weight is 321 g/mol. The van der Waals surface area contributed by atoms with Crippen molar-refractivity contribution in [1.29, 1.82) is 0 Å². The normalized spacial score (nSPS) is 19.5. The van der Waals surface area contributed by atoms with Crippen LogP contribution in [-0.2, 0) is 10.2 Å². The van der Waals surface area contributed by atoms with Gasteiger partial charge in [-0.05, 0) is 43.0 Å². The molecule has 0 atom stereocenters. The van der Waals surface area contributed by atoms with Crippen molar-refractivity contribution in [3.05, 3.63) is 65.2 Å². The standard InChI is InChI=1S/C22H27NO/c1-17-5-7-18(8-6-17)21(2,3)19-9-11-20(12-10-19)23-15-22(16-23)13-4-14-24-22/h5-12H,4,13-16H2,1-3H3. The van der Waals surface area contributed by atoms with Gasteiger partial charge in [0.05, 0.1) is 0 Å². The molecule has 2 aromatic carbocycles. The van der Waals surface area contributed by atoms with Gasteiger partial charge in [-0.2, -0.15) is 0 Å². The maximum absolute atomic E-state index is 5.93. The van der Waals surface area contributed by atoms with E-state index >= 15 is 0 Å². The van der Waals surface area contributed by atoms with E-state index in [1.165, 1.54) is 35.2 Å². The van der Waals surface area contributed by atoms with Crippen LogP contribution in [0.2, 0.25) is 0 Å². The van der Waals surface area contributed by atoms with Crippen molar-refractivity contribution in [1.82, 2.24) is 0 Å². The highest BCUT2D eigenvalue weighted by atomic mass is 16.5. The van der Waals surface area contributed by atoms with E-state index in [0.29, 0.717) is 0 Å². The zero-order valence-electron chi connectivity index (χ0n) is 15.0. The Balaban J connectivity index is 1.50. The molecular formula is C22H27NO. The lowest BCUT2D eigenvalue weighted by Gasteiger charge is -2.48. The van der Waals surface area contributed by atoms with Crippen molar-refractivity contribution in [2.24, 2.45) is 0 Å². The van der Waals surface area contributed by atoms with Crippen LogP contribution in [0.1, 0.15) is 43.4 Å². The van der Waals surface area contributed by atoms with E-state index in [1.807, 2.05) is 0 Å². The monoisotopic (exact) mass is 321 g/mol. The van der Waals surface area contributed by atoms with Gasteiger partial charge in [0.2, 0.25) is 0 Å². The highest BCUT2D eigenvalue weighted by Gasteiger charge is 2.46. The summed E-state index contributed by atoms with van der Waals surface area (Å²) in [4.78, 5) is 2.44. The summed E-state index contributed by atoms with van der Waals surface area (Å²) >= 11 is 0. The highest BCUT2D eigenvalue weighted by molar-refractivity contribution is 5.53. The van der Waals surface area contributed by atoms with Gasteiger partial charge >= 0.3 is 0 Å². The Labute approximate surface area is 145 Å². The summed E-state index contributed by atoms with van der Waals surface area (Å²) in [5.41, 5.74) is 5.55. The van der Waals surface area contributed by atoms with E-state index in [4.69, 9.17) is 4.74 Å². The topological polar surface area (TPSA) is 12.5 Å². The molecule has 2 fully saturated rings. The second kappa shape index (κ2) is 5.63. The quantitative estimate of drug-likeness (QED) is 0.813. The Morgan fingerprint density at radius 3 is 2.04 bits per heavy atom. The lowest BCUT2D eigenvalue weighted by molar-refractivity contribution is -0.0180. The van der Waals surface area contributed by atoms with Gasteiger partial charge in [0.15, 0.2) is 0 Å². The molecule has 0 saturated carbocycles. The van der Waals surface area contributed by atoms with Crippen molar-refractivity contribution in [2.75, 3.05) is 24.6 Å². The number of aryl methyl sites for hydroxylation is 1. The summed E-state index contributed by atoms with van der Waals surface area (Å²) in [6, 6.07) is 18.0. The molecule has 2 saturated heterocycles. The molecule has 2 aliphatic rings. The number of anilines is 1. The van der Waals surface area contributed by atoms with Crippen LogP contribution in [0.4, 0.5) is 5.69 Å². The molecule has 126 valence electrons. The van der Waals surface area contributed by atoms with E-state index in [-0.39, 0.29) is 11.0 Å². The summed E-state index contributed by atoms with van der Waals surface area (Å²) in [6.07, 6.45) is 2.44. The van der Waals surface area contributed by atoms with Crippen LogP contribution in [0.5, 0.6) is 0 Å². The molecule has 0 aromatic heterocycles. The molecule has 4 rings (SSSR count). The van der Waals surface area contributed by atoms with E-state index in [0.717, 1.165) is 19.7 Å². The molecule has 0 amide bonds. The average Bonchev–Trinajstić information content (AvgIpc) is 3.04. The molecule has 0 unspecified atom stereocenters. The van der Waals surface area contributed by atoms with Gasteiger partial charge in [-0.1, -0.05) is 55.8 Å². The Morgan fingerprint density at radius 1 is 0.917 bits per heavy atom. The van der Waals surface area contributed by atoms with Gasteiger partial charge in [-0.3, -0.25) is 0 Å². The van der Waals surface area contributed by atoms with Gasteiger partial charge < -0.3 is 9.64 Å². The molecule has 2 aliphatic heterocycles. The molecule has 1 spiro atoms. The third-order valence-electron chi connectivity index (χ3n) is 5.87. The van der Waals surface area contributed by atoms with E-state index in [9.17, 15) is 0 Å². The second-order valence-corrected chi connectivity index (χ2v) is 8.03. The van der Waals surface area contributed by atoms with Crippen molar-refractivity contribution in [2.45, 2.75) is 44.6 Å². The summed E-state index contributed by atoms with van der Waals surface area (Å²) < 4.78 is 5.93. The minimum atomic E-state index is 0.0248. The zero-order valence-corrected chi connectivity index (χ0v) is 15.0. The fourth-order valence-electron chi connectivity index (χ4n) is 4.06. The molecule has 0 N–H and O–H groups in total. The molecule has 2 heteroatoms. The molecule has 24 heavy (non-hydrogen) atoms. The van der Waals surface area contributed by atoms with E-state index < -0.39 is 0 Å². The van der Waals surface area contributed by atoms with E-state index in [1.54, 1.807) is 0 Å². The van der Waals surface area contributed by atoms with Crippen LogP contribution in [-0.4, -0.2) is 25.3 Å². The Morgan fingerprint density at radius 2 is 1.50 bits per heavy atom. The summed E-state index contributed by atoms with van der Waals surface area (Å²) in [5.74, 6) is 0. The molecule has 2 heterocycles. The maximum atomic E-state index is 5.93. The van der Waals surface area contributed by atoms with Crippen molar-refractivity contribution >= 4 is 5.69 Å². The lowest BCUT2D eigenvalue weighted by Crippen LogP contribution is -2.61. The Kier molecular flexibility index (Phi) is 3.69. The second-order valence-electron chi connectivity index (χ2n) is 8.03. The van der Waals surface area contributed by atoms with E-state index in [2.05, 4.69) is 74.2 Å². The number of ether oxygens (including phenoxy) is 1. The fraction of sp³-hybridized carbons (Fsp3) is 0.455. The van der Waals surface area contributed by atoms with Crippen molar-refractivity contribution in [3.8, 4) is 0 Å². The first kappa shape index (κ1) is 15.7. The van der Waals surface area contributed by atoms with Crippen LogP contribution >= 0.6 is 0 Å². The van der Waals surface area contributed by atoms with Crippen LogP contribution in [0, 0.1) is 6.92 Å². The molecular weight excluding hydrogens is 294 g/mol. The van der Waals surface area contributed by atoms with Crippen LogP contribution < -0.4 is 4.90 Å². The first-order chi connectivity index (χ1) is 11.5. The number of rotatable bonds is 3. The summed E-state index contributed by atoms with van der Waals surface area (Å²) in [6.45, 7) is 9.79. The van der Waals surface area contributed by atoms with Gasteiger partial charge in [0, 0.05) is 30.8 Å². The van der Waals surface area contributed by atoms with Crippen molar-refractivity contribution in [3.63, 3.8) is 0 Å². The molecule has 2 aromatic rings. The highest BCUT2D eigenvalue weighted by Crippen LogP contribution is 2.39. The largest absolute Gasteiger partial charge is 0.371 e. The number of nitrogens with zero attached hydrogens (tertiary/aromatic N) is 1. The Hall–Kier alpha value is -1.80. The number of benzene rings is 2. The van der Waals surface area contributed by atoms with Gasteiger partial charge in [0.1, 0.15) is 5.60 Å².